The van der Waals surface area contributed by atoms with E-state index in [0.717, 1.165) is 0 Å². The van der Waals surface area contributed by atoms with E-state index in [4.69, 9.17) is 22.4 Å². The molecule has 6 nitrogen and oxygen atoms in total. The van der Waals surface area contributed by atoms with Crippen LogP contribution in [0.1, 0.15) is 25.7 Å². The fourth-order valence-corrected chi connectivity index (χ4v) is 1.59. The third-order valence-electron chi connectivity index (χ3n) is 2.50. The van der Waals surface area contributed by atoms with E-state index in [2.05, 4.69) is 10.5 Å². The third-order valence-corrected chi connectivity index (χ3v) is 2.75. The number of halogens is 1. The number of hydrogen-bond donors (Lipinski definition) is 3. The summed E-state index contributed by atoms with van der Waals surface area (Å²) < 4.78 is 0. The molecule has 0 radical (unpaired) electrons. The van der Waals surface area contributed by atoms with Gasteiger partial charge in [-0.25, -0.2) is 0 Å². The molecule has 20 heavy (non-hydrogen) atoms. The summed E-state index contributed by atoms with van der Waals surface area (Å²) in [5.74, 6) is -1.48. The van der Waals surface area contributed by atoms with E-state index in [9.17, 15) is 9.59 Å². The molecule has 0 aliphatic rings. The van der Waals surface area contributed by atoms with Crippen LogP contribution in [-0.4, -0.2) is 22.7 Å². The van der Waals surface area contributed by atoms with E-state index in [-0.39, 0.29) is 12.1 Å². The molecule has 4 N–H and O–H groups in total. The smallest absolute Gasteiger partial charge is 0.303 e. The summed E-state index contributed by atoms with van der Waals surface area (Å²) in [5, 5.41) is 13.1. The number of anilines is 1. The molecular formula is C13H16ClN3O3. The number of benzene rings is 1. The van der Waals surface area contributed by atoms with Crippen molar-refractivity contribution in [3.63, 3.8) is 0 Å². The first-order chi connectivity index (χ1) is 9.49. The van der Waals surface area contributed by atoms with Crippen LogP contribution in [0.5, 0.6) is 0 Å². The number of hydrazone groups is 1. The number of nitrogens with two attached hydrogens (primary N) is 1. The van der Waals surface area contributed by atoms with Crippen LogP contribution < -0.4 is 11.2 Å². The van der Waals surface area contributed by atoms with Crippen molar-refractivity contribution in [2.45, 2.75) is 25.7 Å². The Morgan fingerprint density at radius 2 is 1.80 bits per heavy atom. The van der Waals surface area contributed by atoms with Crippen molar-refractivity contribution in [3.05, 3.63) is 29.3 Å². The minimum Gasteiger partial charge on any atom is -0.481 e. The van der Waals surface area contributed by atoms with Crippen molar-refractivity contribution in [2.75, 3.05) is 5.43 Å². The number of aliphatic carboxylic acids is 1. The SMILES string of the molecule is NC(=O)/C(CCCCC(=O)O)=N/Nc1ccc(Cl)cc1. The first-order valence-corrected chi connectivity index (χ1v) is 6.46. The van der Waals surface area contributed by atoms with Gasteiger partial charge in [0.05, 0.1) is 5.69 Å². The van der Waals surface area contributed by atoms with E-state index in [1.165, 1.54) is 0 Å². The Bertz CT molecular complexity index is 500. The Morgan fingerprint density at radius 3 is 2.35 bits per heavy atom. The Morgan fingerprint density at radius 1 is 1.20 bits per heavy atom. The van der Waals surface area contributed by atoms with Gasteiger partial charge in [0.1, 0.15) is 5.71 Å². The van der Waals surface area contributed by atoms with Crippen LogP contribution >= 0.6 is 11.6 Å². The maximum atomic E-state index is 11.2. The Hall–Kier alpha value is -2.08. The summed E-state index contributed by atoms with van der Waals surface area (Å²) in [4.78, 5) is 21.6. The lowest BCUT2D eigenvalue weighted by Gasteiger charge is -2.04. The molecule has 0 unspecified atom stereocenters. The molecule has 1 rings (SSSR count). The molecule has 7 heteroatoms. The fraction of sp³-hybridized carbons (Fsp3) is 0.308. The van der Waals surface area contributed by atoms with E-state index >= 15 is 0 Å². The van der Waals surface area contributed by atoms with Crippen molar-refractivity contribution >= 4 is 34.9 Å². The quantitative estimate of drug-likeness (QED) is 0.389. The molecule has 0 fully saturated rings. The highest BCUT2D eigenvalue weighted by molar-refractivity contribution is 6.38. The topological polar surface area (TPSA) is 105 Å². The number of carbonyl (C=O) groups is 2. The van der Waals surface area contributed by atoms with Crippen LogP contribution in [-0.2, 0) is 9.59 Å². The fourth-order valence-electron chi connectivity index (χ4n) is 1.46. The van der Waals surface area contributed by atoms with Gasteiger partial charge in [-0.15, -0.1) is 0 Å². The van der Waals surface area contributed by atoms with E-state index in [0.29, 0.717) is 30.0 Å². The minimum absolute atomic E-state index is 0.0661. The molecule has 0 aromatic heterocycles. The number of unbranched alkanes of at least 4 members (excludes halogenated alkanes) is 1. The average Bonchev–Trinajstić information content (AvgIpc) is 2.39. The van der Waals surface area contributed by atoms with Gasteiger partial charge in [-0.05, 0) is 43.5 Å². The monoisotopic (exact) mass is 297 g/mol. The van der Waals surface area contributed by atoms with Crippen molar-refractivity contribution in [1.29, 1.82) is 0 Å². The van der Waals surface area contributed by atoms with Crippen LogP contribution in [0.4, 0.5) is 5.69 Å². The molecule has 0 saturated carbocycles. The molecule has 108 valence electrons. The maximum absolute atomic E-state index is 11.2. The van der Waals surface area contributed by atoms with Crippen molar-refractivity contribution in [3.8, 4) is 0 Å². The molecule has 0 bridgehead atoms. The van der Waals surface area contributed by atoms with Gasteiger partial charge in [0.2, 0.25) is 0 Å². The number of hydrogen-bond acceptors (Lipinski definition) is 4. The van der Waals surface area contributed by atoms with Gasteiger partial charge < -0.3 is 10.8 Å². The molecule has 1 amide bonds. The number of primary amides is 1. The second kappa shape index (κ2) is 8.16. The molecule has 0 heterocycles. The molecule has 0 spiro atoms. The second-order valence-corrected chi connectivity index (χ2v) is 4.58. The minimum atomic E-state index is -0.859. The number of rotatable bonds is 8. The van der Waals surface area contributed by atoms with E-state index < -0.39 is 11.9 Å². The standard InChI is InChI=1S/C13H16ClN3O3/c14-9-5-7-10(8-6-9)16-17-11(13(15)20)3-1-2-4-12(18)19/h5-8,16H,1-4H2,(H2,15,20)(H,18,19)/b17-11+. The van der Waals surface area contributed by atoms with Crippen LogP contribution in [0.2, 0.25) is 5.02 Å². The van der Waals surface area contributed by atoms with Gasteiger partial charge in [0.15, 0.2) is 0 Å². The van der Waals surface area contributed by atoms with Crippen molar-refractivity contribution in [2.24, 2.45) is 10.8 Å². The second-order valence-electron chi connectivity index (χ2n) is 4.14. The highest BCUT2D eigenvalue weighted by atomic mass is 35.5. The number of carboxylic acid groups (broad SMARTS) is 1. The predicted octanol–water partition coefficient (Wildman–Crippen LogP) is 2.24. The lowest BCUT2D eigenvalue weighted by Crippen LogP contribution is -2.24. The van der Waals surface area contributed by atoms with Gasteiger partial charge in [-0.2, -0.15) is 5.10 Å². The highest BCUT2D eigenvalue weighted by Crippen LogP contribution is 2.13. The van der Waals surface area contributed by atoms with Gasteiger partial charge in [0.25, 0.3) is 5.91 Å². The molecule has 0 atom stereocenters. The first kappa shape index (κ1) is 16.0. The lowest BCUT2D eigenvalue weighted by atomic mass is 10.1. The van der Waals surface area contributed by atoms with Crippen LogP contribution in [0.3, 0.4) is 0 Å². The number of carboxylic acids is 1. The summed E-state index contributed by atoms with van der Waals surface area (Å²) >= 11 is 5.75. The molecule has 1 aromatic rings. The predicted molar refractivity (Wildman–Crippen MR) is 77.8 cm³/mol. The summed E-state index contributed by atoms with van der Waals surface area (Å²) in [6.07, 6.45) is 1.42. The van der Waals surface area contributed by atoms with Crippen molar-refractivity contribution in [1.82, 2.24) is 0 Å². The Kier molecular flexibility index (Phi) is 6.52. The van der Waals surface area contributed by atoms with Crippen LogP contribution in [0.15, 0.2) is 29.4 Å². The van der Waals surface area contributed by atoms with Crippen LogP contribution in [0.25, 0.3) is 0 Å². The first-order valence-electron chi connectivity index (χ1n) is 6.09. The number of nitrogens with zero attached hydrogens (tertiary/aromatic N) is 1. The lowest BCUT2D eigenvalue weighted by molar-refractivity contribution is -0.137. The van der Waals surface area contributed by atoms with E-state index in [1.54, 1.807) is 24.3 Å². The Balaban J connectivity index is 2.52. The number of nitrogens with one attached hydrogen (secondary N) is 1. The van der Waals surface area contributed by atoms with Gasteiger partial charge in [-0.3, -0.25) is 15.0 Å². The molecule has 0 aliphatic heterocycles. The number of amides is 1. The normalized spacial score (nSPS) is 11.2. The average molecular weight is 298 g/mol. The van der Waals surface area contributed by atoms with E-state index in [1.807, 2.05) is 0 Å². The van der Waals surface area contributed by atoms with Crippen LogP contribution in [0, 0.1) is 0 Å². The summed E-state index contributed by atoms with van der Waals surface area (Å²) in [6, 6.07) is 6.82. The largest absolute Gasteiger partial charge is 0.481 e. The molecule has 0 aliphatic carbocycles. The zero-order chi connectivity index (χ0) is 15.0. The summed E-state index contributed by atoms with van der Waals surface area (Å²) in [6.45, 7) is 0. The highest BCUT2D eigenvalue weighted by Gasteiger charge is 2.07. The zero-order valence-electron chi connectivity index (χ0n) is 10.8. The molecule has 0 saturated heterocycles. The summed E-state index contributed by atoms with van der Waals surface area (Å²) in [5.41, 5.74) is 8.80. The zero-order valence-corrected chi connectivity index (χ0v) is 11.6. The molecule has 1 aromatic carbocycles. The molecular weight excluding hydrogens is 282 g/mol. The van der Waals surface area contributed by atoms with Crippen molar-refractivity contribution < 1.29 is 14.7 Å². The van der Waals surface area contributed by atoms with Gasteiger partial charge in [-0.1, -0.05) is 11.6 Å². The Labute approximate surface area is 121 Å². The summed E-state index contributed by atoms with van der Waals surface area (Å²) in [7, 11) is 0. The van der Waals surface area contributed by atoms with Gasteiger partial charge >= 0.3 is 5.97 Å². The number of carbonyl (C=O) groups excluding carboxylic acids is 1. The van der Waals surface area contributed by atoms with Gasteiger partial charge in [0, 0.05) is 11.4 Å². The maximum Gasteiger partial charge on any atom is 0.303 e. The third kappa shape index (κ3) is 6.19.